The fourth-order valence-electron chi connectivity index (χ4n) is 3.47. The van der Waals surface area contributed by atoms with Crippen LogP contribution in [0.3, 0.4) is 0 Å². The molecule has 0 aliphatic carbocycles. The number of aliphatic imine (C=N–C) groups is 1. The molecule has 4 nitrogen and oxygen atoms in total. The molecule has 3 heterocycles. The second-order valence-electron chi connectivity index (χ2n) is 6.11. The molecule has 0 unspecified atom stereocenters. The first-order valence-electron chi connectivity index (χ1n) is 8.41. The predicted molar refractivity (Wildman–Crippen MR) is 98.5 cm³/mol. The van der Waals surface area contributed by atoms with Crippen LogP contribution in [0.5, 0.6) is 5.75 Å². The molecule has 0 bridgehead atoms. The number of fused-ring (bicyclic) bond motifs is 1. The Kier molecular flexibility index (Phi) is 4.19. The van der Waals surface area contributed by atoms with Crippen LogP contribution in [-0.2, 0) is 0 Å². The van der Waals surface area contributed by atoms with E-state index in [2.05, 4.69) is 41.1 Å². The summed E-state index contributed by atoms with van der Waals surface area (Å²) in [4.78, 5) is 12.0. The first-order valence-corrected chi connectivity index (χ1v) is 9.29. The molecule has 1 saturated heterocycles. The number of benzene rings is 1. The van der Waals surface area contributed by atoms with E-state index < -0.39 is 0 Å². The van der Waals surface area contributed by atoms with Crippen molar-refractivity contribution in [2.45, 2.75) is 31.2 Å². The monoisotopic (exact) mass is 339 g/mol. The van der Waals surface area contributed by atoms with Crippen LogP contribution in [0.2, 0.25) is 0 Å². The highest BCUT2D eigenvalue weighted by Crippen LogP contribution is 2.49. The molecule has 1 aromatic carbocycles. The molecule has 2 aliphatic heterocycles. The molecule has 24 heavy (non-hydrogen) atoms. The highest BCUT2D eigenvalue weighted by Gasteiger charge is 2.44. The van der Waals surface area contributed by atoms with Crippen molar-refractivity contribution in [3.05, 3.63) is 59.9 Å². The fourth-order valence-corrected chi connectivity index (χ4v) is 4.56. The van der Waals surface area contributed by atoms with E-state index in [1.54, 1.807) is 0 Å². The number of pyridine rings is 1. The molecule has 124 valence electrons. The van der Waals surface area contributed by atoms with Gasteiger partial charge in [0.15, 0.2) is 5.17 Å². The van der Waals surface area contributed by atoms with E-state index in [0.29, 0.717) is 11.9 Å². The van der Waals surface area contributed by atoms with Crippen LogP contribution in [-0.4, -0.2) is 33.5 Å². The first-order chi connectivity index (χ1) is 11.8. The summed E-state index contributed by atoms with van der Waals surface area (Å²) < 4.78 is 5.90. The number of amidine groups is 1. The van der Waals surface area contributed by atoms with Gasteiger partial charge >= 0.3 is 0 Å². The Labute approximate surface area is 147 Å². The predicted octanol–water partition coefficient (Wildman–Crippen LogP) is 4.07. The minimum Gasteiger partial charge on any atom is -0.494 e. The molecular weight excluding hydrogens is 318 g/mol. The zero-order valence-electron chi connectivity index (χ0n) is 13.9. The van der Waals surface area contributed by atoms with Crippen LogP contribution in [0, 0.1) is 0 Å². The number of rotatable bonds is 4. The summed E-state index contributed by atoms with van der Waals surface area (Å²) in [5, 5.41) is 1.70. The van der Waals surface area contributed by atoms with E-state index in [1.807, 2.05) is 43.1 Å². The van der Waals surface area contributed by atoms with E-state index in [4.69, 9.17) is 9.73 Å². The van der Waals surface area contributed by atoms with Crippen LogP contribution >= 0.6 is 11.8 Å². The lowest BCUT2D eigenvalue weighted by Gasteiger charge is -2.28. The van der Waals surface area contributed by atoms with Gasteiger partial charge in [-0.25, -0.2) is 0 Å². The largest absolute Gasteiger partial charge is 0.494 e. The van der Waals surface area contributed by atoms with Gasteiger partial charge in [0.1, 0.15) is 11.8 Å². The third-order valence-electron chi connectivity index (χ3n) is 4.42. The molecule has 1 aromatic heterocycles. The van der Waals surface area contributed by atoms with Crippen molar-refractivity contribution < 1.29 is 4.74 Å². The van der Waals surface area contributed by atoms with Gasteiger partial charge in [0.2, 0.25) is 0 Å². The first kappa shape index (κ1) is 15.5. The van der Waals surface area contributed by atoms with Crippen LogP contribution < -0.4 is 4.74 Å². The second kappa shape index (κ2) is 6.48. The number of hydrogen-bond donors (Lipinski definition) is 0. The summed E-state index contributed by atoms with van der Waals surface area (Å²) in [5.74, 6) is 0.951. The maximum absolute atomic E-state index is 5.90. The highest BCUT2D eigenvalue weighted by atomic mass is 32.2. The van der Waals surface area contributed by atoms with Crippen LogP contribution in [0.15, 0.2) is 53.7 Å². The molecule has 0 amide bonds. The molecule has 0 saturated carbocycles. The van der Waals surface area contributed by atoms with Crippen molar-refractivity contribution in [2.75, 3.05) is 13.2 Å². The number of aromatic nitrogens is 1. The van der Waals surface area contributed by atoms with Crippen molar-refractivity contribution in [1.29, 1.82) is 0 Å². The summed E-state index contributed by atoms with van der Waals surface area (Å²) >= 11 is 1.86. The van der Waals surface area contributed by atoms with Crippen molar-refractivity contribution in [3.8, 4) is 5.75 Å². The van der Waals surface area contributed by atoms with Crippen molar-refractivity contribution >= 4 is 16.9 Å². The van der Waals surface area contributed by atoms with E-state index in [0.717, 1.165) is 23.2 Å². The van der Waals surface area contributed by atoms with Gasteiger partial charge in [-0.1, -0.05) is 43.0 Å². The topological polar surface area (TPSA) is 37.7 Å². The minimum atomic E-state index is 0.0165. The molecule has 3 atom stereocenters. The summed E-state index contributed by atoms with van der Waals surface area (Å²) in [6.07, 6.45) is 1.85. The maximum atomic E-state index is 5.90. The maximum Gasteiger partial charge on any atom is 0.160 e. The van der Waals surface area contributed by atoms with E-state index in [-0.39, 0.29) is 12.1 Å². The van der Waals surface area contributed by atoms with Crippen LogP contribution in [0.1, 0.15) is 37.2 Å². The Morgan fingerprint density at radius 1 is 1.21 bits per heavy atom. The molecule has 5 heteroatoms. The van der Waals surface area contributed by atoms with Crippen LogP contribution in [0.4, 0.5) is 0 Å². The average molecular weight is 339 g/mol. The van der Waals surface area contributed by atoms with Crippen molar-refractivity contribution in [1.82, 2.24) is 9.88 Å². The van der Waals surface area contributed by atoms with E-state index >= 15 is 0 Å². The van der Waals surface area contributed by atoms with Gasteiger partial charge in [-0.05, 0) is 25.1 Å². The Morgan fingerprint density at radius 2 is 2.04 bits per heavy atom. The highest BCUT2D eigenvalue weighted by molar-refractivity contribution is 8.14. The number of para-hydroxylation sites is 1. The number of thioether (sulfide) groups is 1. The van der Waals surface area contributed by atoms with Gasteiger partial charge in [-0.2, -0.15) is 0 Å². The third kappa shape index (κ3) is 2.67. The molecular formula is C19H21N3OS. The zero-order chi connectivity index (χ0) is 16.5. The molecule has 2 aromatic rings. The lowest BCUT2D eigenvalue weighted by Crippen LogP contribution is -2.29. The molecule has 1 fully saturated rings. The van der Waals surface area contributed by atoms with Gasteiger partial charge in [0, 0.05) is 23.6 Å². The van der Waals surface area contributed by atoms with Crippen molar-refractivity contribution in [3.63, 3.8) is 0 Å². The molecule has 0 radical (unpaired) electrons. The zero-order valence-corrected chi connectivity index (χ0v) is 14.7. The Bertz CT molecular complexity index is 749. The van der Waals surface area contributed by atoms with E-state index in [9.17, 15) is 0 Å². The number of ether oxygens (including phenoxy) is 1. The quantitative estimate of drug-likeness (QED) is 0.841. The van der Waals surface area contributed by atoms with Crippen molar-refractivity contribution in [2.24, 2.45) is 4.99 Å². The van der Waals surface area contributed by atoms with Crippen LogP contribution in [0.25, 0.3) is 0 Å². The molecule has 2 aliphatic rings. The van der Waals surface area contributed by atoms with Gasteiger partial charge in [0.25, 0.3) is 0 Å². The summed E-state index contributed by atoms with van der Waals surface area (Å²) in [6, 6.07) is 14.6. The third-order valence-corrected chi connectivity index (χ3v) is 5.52. The van der Waals surface area contributed by atoms with Gasteiger partial charge < -0.3 is 9.64 Å². The van der Waals surface area contributed by atoms with Gasteiger partial charge in [-0.15, -0.1) is 0 Å². The molecule has 0 N–H and O–H groups in total. The van der Waals surface area contributed by atoms with E-state index in [1.165, 1.54) is 5.56 Å². The number of nitrogens with zero attached hydrogens (tertiary/aromatic N) is 3. The lowest BCUT2D eigenvalue weighted by atomic mass is 9.95. The average Bonchev–Trinajstić information content (AvgIpc) is 3.12. The molecule has 4 rings (SSSR count). The SMILES string of the molecule is CCOc1ccccc1[C@H]1[C@H](c2ccccn2)N=C2S[C@@H](C)CN21. The smallest absolute Gasteiger partial charge is 0.160 e. The normalized spacial score (nSPS) is 25.5. The summed E-state index contributed by atoms with van der Waals surface area (Å²) in [5.41, 5.74) is 2.22. The summed E-state index contributed by atoms with van der Waals surface area (Å²) in [7, 11) is 0. The summed E-state index contributed by atoms with van der Waals surface area (Å²) in [6.45, 7) is 5.96. The minimum absolute atomic E-state index is 0.0165. The Hall–Kier alpha value is -2.01. The van der Waals surface area contributed by atoms with Gasteiger partial charge in [0.05, 0.1) is 18.3 Å². The standard InChI is InChI=1S/C19H21N3OS/c1-3-23-16-10-5-4-8-14(16)18-17(15-9-6-7-11-20-15)21-19-22(18)12-13(2)24-19/h4-11,13,17-18H,3,12H2,1-2H3/t13-,17-,18-/m0/s1. The fraction of sp³-hybridized carbons (Fsp3) is 0.368. The Morgan fingerprint density at radius 3 is 2.83 bits per heavy atom. The second-order valence-corrected chi connectivity index (χ2v) is 7.51. The Balaban J connectivity index is 1.79. The lowest BCUT2D eigenvalue weighted by molar-refractivity contribution is 0.292. The molecule has 0 spiro atoms. The van der Waals surface area contributed by atoms with Gasteiger partial charge in [-0.3, -0.25) is 9.98 Å². The number of hydrogen-bond acceptors (Lipinski definition) is 5.